The standard InChI is InChI=1S/C41H42N6O6.2H2/c1-46(30-16-20-32(52-3)21-17-30)40(50)34(24-15-28-11-7-5-8-12-28)44-38(48)35-26-36(43-27-42-35)39(49)45-37(25-29-13-9-6-10-14-29)41(51)47(2)31-18-22-33(53-4)23-19-31;;/h5-14,16-23,26-27,34,37H,15,24-25H2,1-4H3,(H,44,48)(H,45,49);2*1H/t34-,37-;;/m0../s1. The highest BCUT2D eigenvalue weighted by molar-refractivity contribution is 6.04. The summed E-state index contributed by atoms with van der Waals surface area (Å²) >= 11 is 0. The van der Waals surface area contributed by atoms with Crippen LogP contribution in [0.2, 0.25) is 0 Å². The predicted molar refractivity (Wildman–Crippen MR) is 206 cm³/mol. The fourth-order valence-electron chi connectivity index (χ4n) is 5.67. The van der Waals surface area contributed by atoms with Gasteiger partial charge < -0.3 is 29.9 Å². The van der Waals surface area contributed by atoms with Crippen molar-refractivity contribution in [2.75, 3.05) is 38.1 Å². The smallest absolute Gasteiger partial charge is 0.270 e. The van der Waals surface area contributed by atoms with Crippen molar-refractivity contribution in [1.29, 1.82) is 0 Å². The molecule has 0 aliphatic carbocycles. The van der Waals surface area contributed by atoms with Gasteiger partial charge in [-0.15, -0.1) is 0 Å². The van der Waals surface area contributed by atoms with Gasteiger partial charge in [0, 0.05) is 40.8 Å². The van der Waals surface area contributed by atoms with Crippen LogP contribution in [0.3, 0.4) is 0 Å². The van der Waals surface area contributed by atoms with Gasteiger partial charge in [-0.25, -0.2) is 9.97 Å². The molecule has 0 bridgehead atoms. The van der Waals surface area contributed by atoms with E-state index in [9.17, 15) is 19.2 Å². The van der Waals surface area contributed by atoms with Crippen LogP contribution in [0, 0.1) is 0 Å². The second-order valence-electron chi connectivity index (χ2n) is 12.2. The molecule has 0 radical (unpaired) electrons. The number of amides is 4. The van der Waals surface area contributed by atoms with Crippen molar-refractivity contribution in [3.8, 4) is 11.5 Å². The Morgan fingerprint density at radius 2 is 1.06 bits per heavy atom. The molecule has 0 fully saturated rings. The maximum absolute atomic E-state index is 13.8. The summed E-state index contributed by atoms with van der Waals surface area (Å²) in [7, 11) is 6.39. The van der Waals surface area contributed by atoms with E-state index < -0.39 is 23.9 Å². The van der Waals surface area contributed by atoms with Crippen LogP contribution in [0.5, 0.6) is 11.5 Å². The van der Waals surface area contributed by atoms with E-state index in [4.69, 9.17) is 9.47 Å². The molecule has 0 aliphatic heterocycles. The Labute approximate surface area is 311 Å². The Morgan fingerprint density at radius 1 is 0.623 bits per heavy atom. The van der Waals surface area contributed by atoms with Crippen LogP contribution in [0.15, 0.2) is 122 Å². The van der Waals surface area contributed by atoms with Gasteiger partial charge in [-0.1, -0.05) is 60.7 Å². The zero-order chi connectivity index (χ0) is 37.7. The van der Waals surface area contributed by atoms with Crippen LogP contribution in [-0.2, 0) is 22.4 Å². The topological polar surface area (TPSA) is 143 Å². The third-order valence-corrected chi connectivity index (χ3v) is 8.77. The average molecular weight is 719 g/mol. The van der Waals surface area contributed by atoms with E-state index in [1.807, 2.05) is 60.7 Å². The highest BCUT2D eigenvalue weighted by atomic mass is 16.5. The molecule has 0 saturated heterocycles. The molecular formula is C41H46N6O6. The first-order valence-corrected chi connectivity index (χ1v) is 17.0. The molecule has 276 valence electrons. The third kappa shape index (κ3) is 10.0. The first kappa shape index (κ1) is 37.7. The molecule has 5 rings (SSSR count). The highest BCUT2D eigenvalue weighted by Gasteiger charge is 2.29. The van der Waals surface area contributed by atoms with E-state index in [0.29, 0.717) is 35.7 Å². The number of aromatic nitrogens is 2. The molecule has 1 heterocycles. The average Bonchev–Trinajstić information content (AvgIpc) is 3.21. The van der Waals surface area contributed by atoms with Gasteiger partial charge in [-0.3, -0.25) is 19.2 Å². The molecule has 12 heteroatoms. The Kier molecular flexibility index (Phi) is 12.9. The number of methoxy groups -OCH3 is 2. The first-order valence-electron chi connectivity index (χ1n) is 17.0. The monoisotopic (exact) mass is 718 g/mol. The lowest BCUT2D eigenvalue weighted by Gasteiger charge is -2.25. The Morgan fingerprint density at radius 3 is 1.53 bits per heavy atom. The molecule has 5 aromatic rings. The summed E-state index contributed by atoms with van der Waals surface area (Å²) in [6.07, 6.45) is 2.13. The minimum Gasteiger partial charge on any atom is -0.497 e. The van der Waals surface area contributed by atoms with E-state index >= 15 is 0 Å². The van der Waals surface area contributed by atoms with Crippen LogP contribution in [0.1, 0.15) is 41.4 Å². The van der Waals surface area contributed by atoms with Gasteiger partial charge >= 0.3 is 0 Å². The van der Waals surface area contributed by atoms with E-state index in [2.05, 4.69) is 20.6 Å². The maximum atomic E-state index is 13.8. The second kappa shape index (κ2) is 18.1. The molecule has 12 nitrogen and oxygen atoms in total. The van der Waals surface area contributed by atoms with Crippen LogP contribution in [-0.4, -0.2) is 74.0 Å². The molecule has 0 unspecified atom stereocenters. The van der Waals surface area contributed by atoms with E-state index in [-0.39, 0.29) is 32.5 Å². The lowest BCUT2D eigenvalue weighted by molar-refractivity contribution is -0.120. The molecule has 0 aliphatic rings. The normalized spacial score (nSPS) is 11.8. The molecule has 53 heavy (non-hydrogen) atoms. The summed E-state index contributed by atoms with van der Waals surface area (Å²) in [5, 5.41) is 5.64. The van der Waals surface area contributed by atoms with Crippen molar-refractivity contribution in [3.05, 3.63) is 144 Å². The Bertz CT molecular complexity index is 2000. The summed E-state index contributed by atoms with van der Waals surface area (Å²) in [4.78, 5) is 66.1. The van der Waals surface area contributed by atoms with E-state index in [1.54, 1.807) is 76.8 Å². The zero-order valence-corrected chi connectivity index (χ0v) is 30.1. The summed E-state index contributed by atoms with van der Waals surface area (Å²) in [5.41, 5.74) is 2.83. The third-order valence-electron chi connectivity index (χ3n) is 8.77. The van der Waals surface area contributed by atoms with Crippen molar-refractivity contribution in [1.82, 2.24) is 20.6 Å². The number of carbonyl (C=O) groups is 4. The van der Waals surface area contributed by atoms with E-state index in [1.165, 1.54) is 15.9 Å². The lowest BCUT2D eigenvalue weighted by atomic mass is 10.0. The number of anilines is 2. The summed E-state index contributed by atoms with van der Waals surface area (Å²) in [6.45, 7) is 0. The predicted octanol–water partition coefficient (Wildman–Crippen LogP) is 5.38. The first-order chi connectivity index (χ1) is 25.7. The molecule has 2 atom stereocenters. The number of likely N-dealkylation sites (N-methyl/N-ethyl adjacent to an activating group) is 2. The van der Waals surface area contributed by atoms with Crippen LogP contribution >= 0.6 is 0 Å². The number of aryl methyl sites for hydroxylation is 1. The largest absolute Gasteiger partial charge is 0.497 e. The number of nitrogens with one attached hydrogen (secondary N) is 2. The Hall–Kier alpha value is -6.56. The van der Waals surface area contributed by atoms with Gasteiger partial charge in [-0.05, 0) is 72.5 Å². The number of ether oxygens (including phenoxy) is 2. The fourth-order valence-corrected chi connectivity index (χ4v) is 5.67. The number of rotatable bonds is 15. The number of hydrogen-bond donors (Lipinski definition) is 2. The van der Waals surface area contributed by atoms with E-state index in [0.717, 1.165) is 17.5 Å². The number of carbonyl (C=O) groups excluding carboxylic acids is 4. The fraction of sp³-hybridized carbons (Fsp3) is 0.220. The molecule has 4 amide bonds. The zero-order valence-electron chi connectivity index (χ0n) is 30.1. The molecule has 2 N–H and O–H groups in total. The van der Waals surface area contributed by atoms with Crippen LogP contribution < -0.4 is 29.9 Å². The van der Waals surface area contributed by atoms with Gasteiger partial charge in [0.05, 0.1) is 14.2 Å². The SMILES string of the molecule is COc1ccc(N(C)C(=O)[C@H](CCc2ccccc2)NC(=O)c2cc(C(=O)N[C@@H](Cc3ccccc3)C(=O)N(C)c3ccc(OC)cc3)ncn2)cc1.[HH].[HH]. The van der Waals surface area contributed by atoms with Crippen molar-refractivity contribution >= 4 is 35.0 Å². The summed E-state index contributed by atoms with van der Waals surface area (Å²) < 4.78 is 10.5. The number of hydrogen-bond acceptors (Lipinski definition) is 8. The summed E-state index contributed by atoms with van der Waals surface area (Å²) in [6, 6.07) is 32.3. The number of nitrogens with zero attached hydrogens (tertiary/aromatic N) is 4. The van der Waals surface area contributed by atoms with Crippen molar-refractivity contribution in [2.24, 2.45) is 0 Å². The minimum atomic E-state index is -0.974. The van der Waals surface area contributed by atoms with Crippen LogP contribution in [0.4, 0.5) is 11.4 Å². The van der Waals surface area contributed by atoms with Gasteiger partial charge in [-0.2, -0.15) is 0 Å². The maximum Gasteiger partial charge on any atom is 0.270 e. The second-order valence-corrected chi connectivity index (χ2v) is 12.2. The molecule has 0 saturated carbocycles. The van der Waals surface area contributed by atoms with Crippen LogP contribution in [0.25, 0.3) is 0 Å². The van der Waals surface area contributed by atoms with Gasteiger partial charge in [0.25, 0.3) is 11.8 Å². The van der Waals surface area contributed by atoms with Gasteiger partial charge in [0.1, 0.15) is 41.3 Å². The summed E-state index contributed by atoms with van der Waals surface area (Å²) in [5.74, 6) is -0.743. The van der Waals surface area contributed by atoms with Crippen molar-refractivity contribution < 1.29 is 31.5 Å². The quantitative estimate of drug-likeness (QED) is 0.147. The van der Waals surface area contributed by atoms with Gasteiger partial charge in [0.2, 0.25) is 11.8 Å². The molecule has 1 aromatic heterocycles. The van der Waals surface area contributed by atoms with Crippen molar-refractivity contribution in [3.63, 3.8) is 0 Å². The van der Waals surface area contributed by atoms with Gasteiger partial charge in [0.15, 0.2) is 0 Å². The lowest BCUT2D eigenvalue weighted by Crippen LogP contribution is -2.49. The molecule has 0 spiro atoms. The van der Waals surface area contributed by atoms with Crippen molar-refractivity contribution in [2.45, 2.75) is 31.3 Å². The molecular weight excluding hydrogens is 672 g/mol. The highest BCUT2D eigenvalue weighted by Crippen LogP contribution is 2.21. The Balaban J connectivity index is 0.00000406. The molecule has 4 aromatic carbocycles. The minimum absolute atomic E-state index is 0. The number of benzene rings is 4.